The molecule has 0 amide bonds. The lowest BCUT2D eigenvalue weighted by atomic mass is 9.82. The Balaban J connectivity index is 2.02. The van der Waals surface area contributed by atoms with E-state index in [9.17, 15) is 9.50 Å². The van der Waals surface area contributed by atoms with Gasteiger partial charge >= 0.3 is 0 Å². The van der Waals surface area contributed by atoms with Crippen molar-refractivity contribution in [2.75, 3.05) is 6.61 Å². The second kappa shape index (κ2) is 8.11. The molecule has 2 rings (SSSR count). The average Bonchev–Trinajstić information content (AvgIpc) is 2.49. The maximum absolute atomic E-state index is 13.2. The summed E-state index contributed by atoms with van der Waals surface area (Å²) >= 11 is 5.80. The third-order valence-electron chi connectivity index (χ3n) is 4.28. The van der Waals surface area contributed by atoms with Gasteiger partial charge in [-0.05, 0) is 43.4 Å². The van der Waals surface area contributed by atoms with Crippen LogP contribution in [-0.4, -0.2) is 23.9 Å². The van der Waals surface area contributed by atoms with Gasteiger partial charge in [-0.1, -0.05) is 36.9 Å². The minimum absolute atomic E-state index is 0.102. The van der Waals surface area contributed by atoms with Crippen molar-refractivity contribution in [2.24, 2.45) is 5.92 Å². The minimum Gasteiger partial charge on any atom is -0.390 e. The van der Waals surface area contributed by atoms with Crippen molar-refractivity contribution in [3.05, 3.63) is 34.6 Å². The number of ether oxygens (including phenoxy) is 1. The largest absolute Gasteiger partial charge is 0.390 e. The van der Waals surface area contributed by atoms with Crippen LogP contribution < -0.4 is 0 Å². The van der Waals surface area contributed by atoms with Gasteiger partial charge in [0.1, 0.15) is 5.82 Å². The molecule has 1 saturated carbocycles. The monoisotopic (exact) mass is 314 g/mol. The smallest absolute Gasteiger partial charge is 0.141 e. The first kappa shape index (κ1) is 16.7. The van der Waals surface area contributed by atoms with Crippen molar-refractivity contribution < 1.29 is 14.2 Å². The van der Waals surface area contributed by atoms with Gasteiger partial charge < -0.3 is 9.84 Å². The molecule has 4 heteroatoms. The van der Waals surface area contributed by atoms with E-state index in [-0.39, 0.29) is 11.1 Å². The molecule has 1 aromatic carbocycles. The Labute approximate surface area is 131 Å². The van der Waals surface area contributed by atoms with Crippen molar-refractivity contribution in [3.63, 3.8) is 0 Å². The molecule has 118 valence electrons. The van der Waals surface area contributed by atoms with Crippen LogP contribution in [0.2, 0.25) is 5.02 Å². The summed E-state index contributed by atoms with van der Waals surface area (Å²) in [5.41, 5.74) is 0.842. The van der Waals surface area contributed by atoms with E-state index < -0.39 is 11.9 Å². The van der Waals surface area contributed by atoms with E-state index in [4.69, 9.17) is 16.3 Å². The first-order chi connectivity index (χ1) is 10.1. The summed E-state index contributed by atoms with van der Waals surface area (Å²) < 4.78 is 19.0. The number of hydrogen-bond acceptors (Lipinski definition) is 2. The quantitative estimate of drug-likeness (QED) is 0.845. The number of aliphatic hydroxyl groups excluding tert-OH is 1. The number of aliphatic hydroxyl groups is 1. The van der Waals surface area contributed by atoms with E-state index in [1.54, 1.807) is 12.1 Å². The molecule has 2 atom stereocenters. The van der Waals surface area contributed by atoms with Crippen LogP contribution >= 0.6 is 11.6 Å². The van der Waals surface area contributed by atoms with Gasteiger partial charge in [-0.15, -0.1) is 0 Å². The Bertz CT molecular complexity index is 446. The molecule has 1 aromatic rings. The highest BCUT2D eigenvalue weighted by atomic mass is 35.5. The molecule has 0 heterocycles. The fourth-order valence-corrected chi connectivity index (χ4v) is 3.44. The van der Waals surface area contributed by atoms with Crippen LogP contribution in [0.5, 0.6) is 0 Å². The lowest BCUT2D eigenvalue weighted by molar-refractivity contribution is -0.0715. The van der Waals surface area contributed by atoms with Crippen LogP contribution in [0.3, 0.4) is 0 Å². The SMILES string of the molecule is CCOC(C(O)Cc1ccc(F)c(Cl)c1)C1CCCCC1. The summed E-state index contributed by atoms with van der Waals surface area (Å²) in [7, 11) is 0. The zero-order chi connectivity index (χ0) is 15.2. The molecule has 0 bridgehead atoms. The molecule has 1 aliphatic carbocycles. The van der Waals surface area contributed by atoms with Crippen LogP contribution in [0.25, 0.3) is 0 Å². The van der Waals surface area contributed by atoms with E-state index in [1.807, 2.05) is 6.92 Å². The van der Waals surface area contributed by atoms with E-state index in [0.717, 1.165) is 18.4 Å². The number of rotatable bonds is 6. The van der Waals surface area contributed by atoms with Gasteiger partial charge in [0, 0.05) is 13.0 Å². The molecular formula is C17H24ClFO2. The van der Waals surface area contributed by atoms with Gasteiger partial charge in [0.25, 0.3) is 0 Å². The molecular weight excluding hydrogens is 291 g/mol. The highest BCUT2D eigenvalue weighted by Crippen LogP contribution is 2.30. The normalized spacial score (nSPS) is 19.4. The molecule has 0 aromatic heterocycles. The fourth-order valence-electron chi connectivity index (χ4n) is 3.24. The summed E-state index contributed by atoms with van der Waals surface area (Å²) in [4.78, 5) is 0. The summed E-state index contributed by atoms with van der Waals surface area (Å²) in [6.07, 6.45) is 5.67. The van der Waals surface area contributed by atoms with Crippen LogP contribution in [0.4, 0.5) is 4.39 Å². The maximum Gasteiger partial charge on any atom is 0.141 e. The zero-order valence-electron chi connectivity index (χ0n) is 12.5. The molecule has 2 unspecified atom stereocenters. The van der Waals surface area contributed by atoms with Gasteiger partial charge in [0.05, 0.1) is 17.2 Å². The first-order valence-corrected chi connectivity index (χ1v) is 8.23. The number of halogens is 2. The molecule has 1 N–H and O–H groups in total. The summed E-state index contributed by atoms with van der Waals surface area (Å²) in [5, 5.41) is 10.6. The van der Waals surface area contributed by atoms with Crippen molar-refractivity contribution >= 4 is 11.6 Å². The Morgan fingerprint density at radius 2 is 2.05 bits per heavy atom. The topological polar surface area (TPSA) is 29.5 Å². The van der Waals surface area contributed by atoms with Gasteiger partial charge in [-0.25, -0.2) is 4.39 Å². The van der Waals surface area contributed by atoms with E-state index >= 15 is 0 Å². The molecule has 0 saturated heterocycles. The number of benzene rings is 1. The minimum atomic E-state index is -0.574. The predicted octanol–water partition coefficient (Wildman–Crippen LogP) is 4.37. The lowest BCUT2D eigenvalue weighted by Gasteiger charge is -2.33. The maximum atomic E-state index is 13.2. The molecule has 2 nitrogen and oxygen atoms in total. The second-order valence-corrected chi connectivity index (χ2v) is 6.25. The molecule has 21 heavy (non-hydrogen) atoms. The van der Waals surface area contributed by atoms with Gasteiger partial charge in [-0.2, -0.15) is 0 Å². The summed E-state index contributed by atoms with van der Waals surface area (Å²) in [5.74, 6) is -0.00633. The van der Waals surface area contributed by atoms with E-state index in [1.165, 1.54) is 25.3 Å². The van der Waals surface area contributed by atoms with Crippen molar-refractivity contribution in [2.45, 2.75) is 57.7 Å². The molecule has 1 aliphatic rings. The third-order valence-corrected chi connectivity index (χ3v) is 4.57. The lowest BCUT2D eigenvalue weighted by Crippen LogP contribution is -2.38. The van der Waals surface area contributed by atoms with Gasteiger partial charge in [-0.3, -0.25) is 0 Å². The van der Waals surface area contributed by atoms with Crippen LogP contribution in [-0.2, 0) is 11.2 Å². The van der Waals surface area contributed by atoms with E-state index in [0.29, 0.717) is 18.9 Å². The molecule has 1 fully saturated rings. The second-order valence-electron chi connectivity index (χ2n) is 5.84. The zero-order valence-corrected chi connectivity index (χ0v) is 13.3. The first-order valence-electron chi connectivity index (χ1n) is 7.85. The van der Waals surface area contributed by atoms with E-state index in [2.05, 4.69) is 0 Å². The van der Waals surface area contributed by atoms with Crippen molar-refractivity contribution in [1.29, 1.82) is 0 Å². The average molecular weight is 315 g/mol. The number of hydrogen-bond donors (Lipinski definition) is 1. The van der Waals surface area contributed by atoms with Gasteiger partial charge in [0.15, 0.2) is 0 Å². The van der Waals surface area contributed by atoms with Crippen LogP contribution in [0.1, 0.15) is 44.6 Å². The highest BCUT2D eigenvalue weighted by Gasteiger charge is 2.30. The standard InChI is InChI=1S/C17H24ClFO2/c1-2-21-17(13-6-4-3-5-7-13)16(20)11-12-8-9-15(19)14(18)10-12/h8-10,13,16-17,20H,2-7,11H2,1H3. The Morgan fingerprint density at radius 3 is 2.67 bits per heavy atom. The summed E-state index contributed by atoms with van der Waals surface area (Å²) in [6, 6.07) is 4.61. The summed E-state index contributed by atoms with van der Waals surface area (Å²) in [6.45, 7) is 2.56. The fraction of sp³-hybridized carbons (Fsp3) is 0.647. The Morgan fingerprint density at radius 1 is 1.33 bits per heavy atom. The van der Waals surface area contributed by atoms with Crippen LogP contribution in [0.15, 0.2) is 18.2 Å². The Hall–Kier alpha value is -0.640. The highest BCUT2D eigenvalue weighted by molar-refractivity contribution is 6.30. The predicted molar refractivity (Wildman–Crippen MR) is 83.1 cm³/mol. The molecule has 0 aliphatic heterocycles. The third kappa shape index (κ3) is 4.67. The molecule has 0 spiro atoms. The van der Waals surface area contributed by atoms with Gasteiger partial charge in [0.2, 0.25) is 0 Å². The molecule has 0 radical (unpaired) electrons. The van der Waals surface area contributed by atoms with Crippen LogP contribution in [0, 0.1) is 11.7 Å². The van der Waals surface area contributed by atoms with Crippen molar-refractivity contribution in [1.82, 2.24) is 0 Å². The Kier molecular flexibility index (Phi) is 6.46. The van der Waals surface area contributed by atoms with Crippen molar-refractivity contribution in [3.8, 4) is 0 Å².